The van der Waals surface area contributed by atoms with E-state index in [9.17, 15) is 9.59 Å². The largest absolute Gasteiger partial charge is 0.461 e. The Morgan fingerprint density at radius 1 is 1.06 bits per heavy atom. The molecule has 0 aliphatic carbocycles. The summed E-state index contributed by atoms with van der Waals surface area (Å²) < 4.78 is 5.16. The maximum absolute atomic E-state index is 11.4. The fourth-order valence-electron chi connectivity index (χ4n) is 1.66. The zero-order chi connectivity index (χ0) is 13.1. The van der Waals surface area contributed by atoms with E-state index in [1.165, 1.54) is 0 Å². The lowest BCUT2D eigenvalue weighted by molar-refractivity contribution is -0.145. The average Bonchev–Trinajstić information content (AvgIpc) is 2.41. The van der Waals surface area contributed by atoms with Gasteiger partial charge in [-0.2, -0.15) is 0 Å². The van der Waals surface area contributed by atoms with Crippen LogP contribution in [0.15, 0.2) is 30.3 Å². The summed E-state index contributed by atoms with van der Waals surface area (Å²) in [6.45, 7) is 0.352. The minimum Gasteiger partial charge on any atom is -0.461 e. The third-order valence-electron chi connectivity index (χ3n) is 2.70. The van der Waals surface area contributed by atoms with Crippen LogP contribution in [0.1, 0.15) is 44.1 Å². The van der Waals surface area contributed by atoms with E-state index in [1.54, 1.807) is 0 Å². The van der Waals surface area contributed by atoms with Crippen molar-refractivity contribution >= 4 is 12.3 Å². The van der Waals surface area contributed by atoms with Crippen molar-refractivity contribution in [1.82, 2.24) is 0 Å². The minimum absolute atomic E-state index is 0.144. The van der Waals surface area contributed by atoms with Crippen LogP contribution in [0.3, 0.4) is 0 Å². The van der Waals surface area contributed by atoms with Crippen molar-refractivity contribution in [3.8, 4) is 0 Å². The van der Waals surface area contributed by atoms with Crippen molar-refractivity contribution in [2.24, 2.45) is 0 Å². The fourth-order valence-corrected chi connectivity index (χ4v) is 1.66. The molecule has 0 N–H and O–H groups in total. The van der Waals surface area contributed by atoms with Crippen LogP contribution in [0.4, 0.5) is 0 Å². The Bertz CT molecular complexity index is 346. The van der Waals surface area contributed by atoms with Crippen molar-refractivity contribution < 1.29 is 14.3 Å². The number of unbranched alkanes of at least 4 members (excludes halogenated alkanes) is 4. The number of ether oxygens (including phenoxy) is 1. The quantitative estimate of drug-likeness (QED) is 0.382. The first-order valence-electron chi connectivity index (χ1n) is 6.46. The molecule has 1 aromatic carbocycles. The van der Waals surface area contributed by atoms with Crippen LogP contribution in [0.25, 0.3) is 0 Å². The van der Waals surface area contributed by atoms with Crippen LogP contribution in [-0.2, 0) is 20.9 Å². The second-order valence-electron chi connectivity index (χ2n) is 4.27. The monoisotopic (exact) mass is 248 g/mol. The predicted octanol–water partition coefficient (Wildman–Crippen LogP) is 3.27. The molecule has 0 spiro atoms. The van der Waals surface area contributed by atoms with Gasteiger partial charge in [-0.3, -0.25) is 4.79 Å². The third-order valence-corrected chi connectivity index (χ3v) is 2.70. The Morgan fingerprint density at radius 3 is 2.50 bits per heavy atom. The molecule has 1 rings (SSSR count). The molecule has 0 aliphatic rings. The maximum atomic E-state index is 11.4. The van der Waals surface area contributed by atoms with Gasteiger partial charge in [-0.15, -0.1) is 0 Å². The minimum atomic E-state index is -0.144. The first-order chi connectivity index (χ1) is 8.83. The molecule has 1 aromatic rings. The van der Waals surface area contributed by atoms with E-state index in [2.05, 4.69) is 0 Å². The van der Waals surface area contributed by atoms with Crippen molar-refractivity contribution in [2.75, 3.05) is 0 Å². The lowest BCUT2D eigenvalue weighted by Gasteiger charge is -2.04. The molecule has 0 aliphatic heterocycles. The van der Waals surface area contributed by atoms with E-state index < -0.39 is 0 Å². The zero-order valence-electron chi connectivity index (χ0n) is 10.6. The van der Waals surface area contributed by atoms with Crippen molar-refractivity contribution in [2.45, 2.75) is 45.1 Å². The molecule has 0 aromatic heterocycles. The Morgan fingerprint density at radius 2 is 1.78 bits per heavy atom. The van der Waals surface area contributed by atoms with Crippen molar-refractivity contribution in [1.29, 1.82) is 0 Å². The van der Waals surface area contributed by atoms with Gasteiger partial charge in [-0.05, 0) is 18.4 Å². The van der Waals surface area contributed by atoms with Gasteiger partial charge in [0.2, 0.25) is 0 Å². The van der Waals surface area contributed by atoms with E-state index >= 15 is 0 Å². The number of esters is 1. The molecule has 0 radical (unpaired) electrons. The Kier molecular flexibility index (Phi) is 7.53. The summed E-state index contributed by atoms with van der Waals surface area (Å²) in [6.07, 6.45) is 5.77. The second-order valence-corrected chi connectivity index (χ2v) is 4.27. The summed E-state index contributed by atoms with van der Waals surface area (Å²) in [5, 5.41) is 0. The molecule has 0 fully saturated rings. The molecule has 0 amide bonds. The van der Waals surface area contributed by atoms with Gasteiger partial charge >= 0.3 is 5.97 Å². The molecular formula is C15H20O3. The molecule has 98 valence electrons. The summed E-state index contributed by atoms with van der Waals surface area (Å²) in [7, 11) is 0. The second kappa shape index (κ2) is 9.40. The Labute approximate surface area is 108 Å². The van der Waals surface area contributed by atoms with Gasteiger partial charge in [0, 0.05) is 12.8 Å². The highest BCUT2D eigenvalue weighted by Gasteiger charge is 2.02. The topological polar surface area (TPSA) is 43.4 Å². The molecule has 0 atom stereocenters. The molecule has 0 unspecified atom stereocenters. The summed E-state index contributed by atoms with van der Waals surface area (Å²) in [6, 6.07) is 9.66. The lowest BCUT2D eigenvalue weighted by atomic mass is 10.1. The van der Waals surface area contributed by atoms with Crippen molar-refractivity contribution in [3.63, 3.8) is 0 Å². The van der Waals surface area contributed by atoms with E-state index in [1.807, 2.05) is 30.3 Å². The van der Waals surface area contributed by atoms with E-state index in [0.29, 0.717) is 19.4 Å². The fraction of sp³-hybridized carbons (Fsp3) is 0.467. The average molecular weight is 248 g/mol. The van der Waals surface area contributed by atoms with Crippen LogP contribution < -0.4 is 0 Å². The van der Waals surface area contributed by atoms with Crippen LogP contribution in [0, 0.1) is 0 Å². The normalized spacial score (nSPS) is 10.0. The highest BCUT2D eigenvalue weighted by molar-refractivity contribution is 5.69. The van der Waals surface area contributed by atoms with Gasteiger partial charge in [-0.1, -0.05) is 43.2 Å². The lowest BCUT2D eigenvalue weighted by Crippen LogP contribution is -2.04. The van der Waals surface area contributed by atoms with E-state index in [4.69, 9.17) is 4.74 Å². The summed E-state index contributed by atoms with van der Waals surface area (Å²) in [5.41, 5.74) is 1.01. The number of carbonyl (C=O) groups excluding carboxylic acids is 2. The van der Waals surface area contributed by atoms with E-state index in [0.717, 1.165) is 37.5 Å². The highest BCUT2D eigenvalue weighted by atomic mass is 16.5. The van der Waals surface area contributed by atoms with Gasteiger partial charge in [0.25, 0.3) is 0 Å². The molecule has 0 saturated carbocycles. The molecule has 0 saturated heterocycles. The zero-order valence-corrected chi connectivity index (χ0v) is 10.6. The number of rotatable bonds is 9. The standard InChI is InChI=1S/C15H20O3/c16-12-8-3-1-2-7-11-15(17)18-13-14-9-5-4-6-10-14/h4-6,9-10,12H,1-3,7-8,11,13H2. The highest BCUT2D eigenvalue weighted by Crippen LogP contribution is 2.07. The van der Waals surface area contributed by atoms with Gasteiger partial charge in [-0.25, -0.2) is 0 Å². The molecular weight excluding hydrogens is 228 g/mol. The number of carbonyl (C=O) groups is 2. The predicted molar refractivity (Wildman–Crippen MR) is 70.0 cm³/mol. The molecule has 0 heterocycles. The molecule has 3 nitrogen and oxygen atoms in total. The number of benzene rings is 1. The number of hydrogen-bond donors (Lipinski definition) is 0. The number of hydrogen-bond acceptors (Lipinski definition) is 3. The summed E-state index contributed by atoms with van der Waals surface area (Å²) in [4.78, 5) is 21.5. The van der Waals surface area contributed by atoms with Gasteiger partial charge < -0.3 is 9.53 Å². The van der Waals surface area contributed by atoms with Crippen molar-refractivity contribution in [3.05, 3.63) is 35.9 Å². The van der Waals surface area contributed by atoms with Gasteiger partial charge in [0.15, 0.2) is 0 Å². The Balaban J connectivity index is 2.02. The SMILES string of the molecule is O=CCCCCCCC(=O)OCc1ccccc1. The smallest absolute Gasteiger partial charge is 0.306 e. The molecule has 18 heavy (non-hydrogen) atoms. The van der Waals surface area contributed by atoms with Crippen LogP contribution in [0.2, 0.25) is 0 Å². The van der Waals surface area contributed by atoms with Crippen LogP contribution in [-0.4, -0.2) is 12.3 Å². The van der Waals surface area contributed by atoms with Crippen LogP contribution in [0.5, 0.6) is 0 Å². The van der Waals surface area contributed by atoms with Crippen LogP contribution >= 0.6 is 0 Å². The third kappa shape index (κ3) is 6.84. The summed E-state index contributed by atoms with van der Waals surface area (Å²) >= 11 is 0. The first kappa shape index (κ1) is 14.4. The van der Waals surface area contributed by atoms with E-state index in [-0.39, 0.29) is 5.97 Å². The molecule has 0 bridgehead atoms. The molecule has 3 heteroatoms. The summed E-state index contributed by atoms with van der Waals surface area (Å²) in [5.74, 6) is -0.144. The Hall–Kier alpha value is -1.64. The maximum Gasteiger partial charge on any atom is 0.306 e. The van der Waals surface area contributed by atoms with Gasteiger partial charge in [0.1, 0.15) is 12.9 Å². The van der Waals surface area contributed by atoms with Gasteiger partial charge in [0.05, 0.1) is 0 Å². The first-order valence-corrected chi connectivity index (χ1v) is 6.46. The number of aldehydes is 1.